The van der Waals surface area contributed by atoms with Gasteiger partial charge in [0.05, 0.1) is 4.90 Å². The normalized spacial score (nSPS) is 11.3. The molecule has 0 fully saturated rings. The van der Waals surface area contributed by atoms with Crippen LogP contribution in [0.5, 0.6) is 0 Å². The number of hydrogen-bond donors (Lipinski definition) is 2. The van der Waals surface area contributed by atoms with Crippen LogP contribution in [0.1, 0.15) is 37.7 Å². The van der Waals surface area contributed by atoms with Crippen LogP contribution in [-0.2, 0) is 22.9 Å². The van der Waals surface area contributed by atoms with Gasteiger partial charge in [-0.1, -0.05) is 65.1 Å². The number of aromatic amines is 1. The molecule has 7 nitrogen and oxygen atoms in total. The minimum atomic E-state index is -4.25. The smallest absolute Gasteiger partial charge is 0.270 e. The lowest BCUT2D eigenvalue weighted by molar-refractivity contribution is 0.0779. The number of hydrogen-bond acceptors (Lipinski definition) is 4. The maximum atomic E-state index is 14.3. The van der Waals surface area contributed by atoms with Crippen LogP contribution in [0, 0.1) is 12.7 Å². The summed E-state index contributed by atoms with van der Waals surface area (Å²) >= 11 is 18.3. The zero-order valence-corrected chi connectivity index (χ0v) is 24.3. The van der Waals surface area contributed by atoms with Gasteiger partial charge in [-0.15, -0.1) is 0 Å². The second-order valence-electron chi connectivity index (χ2n) is 8.93. The first-order chi connectivity index (χ1) is 18.9. The Bertz CT molecular complexity index is 1690. The Kier molecular flexibility index (Phi) is 8.90. The van der Waals surface area contributed by atoms with Crippen LogP contribution in [0.15, 0.2) is 76.5 Å². The predicted molar refractivity (Wildman–Crippen MR) is 152 cm³/mol. The lowest BCUT2D eigenvalue weighted by Gasteiger charge is -2.18. The first-order valence-corrected chi connectivity index (χ1v) is 14.5. The van der Waals surface area contributed by atoms with Crippen LogP contribution in [-0.4, -0.2) is 37.2 Å². The highest BCUT2D eigenvalue weighted by Crippen LogP contribution is 2.31. The molecule has 0 radical (unpaired) electrons. The Morgan fingerprint density at radius 1 is 0.950 bits per heavy atom. The first-order valence-electron chi connectivity index (χ1n) is 11.8. The quantitative estimate of drug-likeness (QED) is 0.236. The molecule has 0 spiro atoms. The summed E-state index contributed by atoms with van der Waals surface area (Å²) in [6.45, 7) is 1.21. The van der Waals surface area contributed by atoms with Crippen LogP contribution in [0.2, 0.25) is 15.1 Å². The van der Waals surface area contributed by atoms with E-state index in [1.807, 2.05) is 0 Å². The first kappa shape index (κ1) is 29.6. The fourth-order valence-electron chi connectivity index (χ4n) is 4.13. The summed E-state index contributed by atoms with van der Waals surface area (Å²) in [4.78, 5) is 30.5. The molecule has 0 aliphatic carbocycles. The van der Waals surface area contributed by atoms with Gasteiger partial charge in [0, 0.05) is 40.8 Å². The van der Waals surface area contributed by atoms with Crippen molar-refractivity contribution >= 4 is 56.5 Å². The number of carbonyl (C=O) groups excluding carboxylic acids is 2. The van der Waals surface area contributed by atoms with Crippen molar-refractivity contribution in [3.05, 3.63) is 116 Å². The molecule has 4 aromatic rings. The zero-order valence-electron chi connectivity index (χ0n) is 21.3. The Morgan fingerprint density at radius 3 is 2.30 bits per heavy atom. The fraction of sp³-hybridized carbons (Fsp3) is 0.143. The van der Waals surface area contributed by atoms with E-state index in [0.717, 1.165) is 0 Å². The molecule has 0 unspecified atom stereocenters. The number of sulfone groups is 1. The van der Waals surface area contributed by atoms with Crippen molar-refractivity contribution in [2.45, 2.75) is 29.8 Å². The third-order valence-electron chi connectivity index (χ3n) is 6.21. The van der Waals surface area contributed by atoms with Gasteiger partial charge < -0.3 is 15.2 Å². The van der Waals surface area contributed by atoms with Crippen LogP contribution < -0.4 is 5.32 Å². The molecule has 0 saturated carbocycles. The summed E-state index contributed by atoms with van der Waals surface area (Å²) in [7, 11) is -2.74. The van der Waals surface area contributed by atoms with Gasteiger partial charge in [0.25, 0.3) is 11.8 Å². The van der Waals surface area contributed by atoms with Crippen molar-refractivity contribution in [2.75, 3.05) is 7.05 Å². The summed E-state index contributed by atoms with van der Waals surface area (Å²) in [6.07, 6.45) is 0. The Balaban J connectivity index is 1.74. The number of nitrogens with one attached hydrogen (secondary N) is 2. The van der Waals surface area contributed by atoms with E-state index < -0.39 is 27.5 Å². The van der Waals surface area contributed by atoms with E-state index in [9.17, 15) is 22.4 Å². The molecule has 4 rings (SSSR count). The van der Waals surface area contributed by atoms with Crippen molar-refractivity contribution in [3.8, 4) is 0 Å². The van der Waals surface area contributed by atoms with Gasteiger partial charge in [-0.3, -0.25) is 9.59 Å². The maximum Gasteiger partial charge on any atom is 0.270 e. The molecule has 0 aliphatic heterocycles. The van der Waals surface area contributed by atoms with E-state index in [-0.39, 0.29) is 50.4 Å². The third kappa shape index (κ3) is 6.02. The van der Waals surface area contributed by atoms with Gasteiger partial charge in [-0.2, -0.15) is 0 Å². The summed E-state index contributed by atoms with van der Waals surface area (Å²) in [6, 6.07) is 16.5. The van der Waals surface area contributed by atoms with Crippen molar-refractivity contribution in [1.82, 2.24) is 15.2 Å². The van der Waals surface area contributed by atoms with Gasteiger partial charge in [-0.05, 0) is 54.4 Å². The number of nitrogens with zero attached hydrogens (tertiary/aromatic N) is 1. The molecule has 3 aromatic carbocycles. The fourth-order valence-corrected chi connectivity index (χ4v) is 6.50. The van der Waals surface area contributed by atoms with Crippen LogP contribution >= 0.6 is 34.8 Å². The molecular weight excluding hydrogens is 600 g/mol. The minimum absolute atomic E-state index is 0.0316. The predicted octanol–water partition coefficient (Wildman–Crippen LogP) is 6.46. The number of benzene rings is 3. The summed E-state index contributed by atoms with van der Waals surface area (Å²) in [5.74, 6) is -2.07. The van der Waals surface area contributed by atoms with E-state index >= 15 is 0 Å². The zero-order chi connectivity index (χ0) is 29.2. The number of aromatic nitrogens is 1. The molecule has 2 N–H and O–H groups in total. The summed E-state index contributed by atoms with van der Waals surface area (Å²) in [5, 5.41) is 3.40. The average molecular weight is 623 g/mol. The molecule has 1 heterocycles. The molecule has 208 valence electrons. The van der Waals surface area contributed by atoms with E-state index in [1.165, 1.54) is 49.2 Å². The second-order valence-corrected chi connectivity index (χ2v) is 12.1. The van der Waals surface area contributed by atoms with Gasteiger partial charge >= 0.3 is 0 Å². The second kappa shape index (κ2) is 12.0. The minimum Gasteiger partial charge on any atom is -0.346 e. The molecule has 0 aliphatic rings. The molecule has 0 saturated heterocycles. The number of carbonyl (C=O) groups is 2. The largest absolute Gasteiger partial charge is 0.346 e. The highest BCUT2D eigenvalue weighted by Gasteiger charge is 2.33. The summed E-state index contributed by atoms with van der Waals surface area (Å²) in [5.41, 5.74) is 0.232. The maximum absolute atomic E-state index is 14.3. The summed E-state index contributed by atoms with van der Waals surface area (Å²) < 4.78 is 41.7. The van der Waals surface area contributed by atoms with E-state index in [1.54, 1.807) is 36.4 Å². The van der Waals surface area contributed by atoms with Gasteiger partial charge in [0.2, 0.25) is 9.84 Å². The molecule has 1 aromatic heterocycles. The number of halogens is 4. The molecule has 12 heteroatoms. The molecule has 2 amide bonds. The number of amides is 2. The van der Waals surface area contributed by atoms with Crippen molar-refractivity contribution < 1.29 is 22.4 Å². The molecule has 40 heavy (non-hydrogen) atoms. The van der Waals surface area contributed by atoms with Gasteiger partial charge in [0.1, 0.15) is 22.1 Å². The Hall–Kier alpha value is -3.37. The van der Waals surface area contributed by atoms with Gasteiger partial charge in [-0.25, -0.2) is 12.8 Å². The highest BCUT2D eigenvalue weighted by atomic mass is 35.5. The molecule has 0 atom stereocenters. The Morgan fingerprint density at radius 2 is 1.65 bits per heavy atom. The molecule has 0 bridgehead atoms. The van der Waals surface area contributed by atoms with E-state index in [0.29, 0.717) is 15.6 Å². The Labute approximate surface area is 245 Å². The SMILES string of the molecule is Cc1c(C(=O)N(C)Cc2ccc(Cl)cc2Cl)[nH]c(C(=O)NCc2c(F)cccc2Cl)c1S(=O)(=O)c1ccccc1. The van der Waals surface area contributed by atoms with E-state index in [4.69, 9.17) is 34.8 Å². The van der Waals surface area contributed by atoms with Crippen molar-refractivity contribution in [1.29, 1.82) is 0 Å². The number of rotatable bonds is 8. The van der Waals surface area contributed by atoms with Crippen LogP contribution in [0.3, 0.4) is 0 Å². The van der Waals surface area contributed by atoms with Crippen molar-refractivity contribution in [2.24, 2.45) is 0 Å². The monoisotopic (exact) mass is 621 g/mol. The van der Waals surface area contributed by atoms with Gasteiger partial charge in [0.15, 0.2) is 0 Å². The molecular formula is C28H23Cl3FN3O4S. The highest BCUT2D eigenvalue weighted by molar-refractivity contribution is 7.91. The lowest BCUT2D eigenvalue weighted by Crippen LogP contribution is -2.28. The number of H-pyrrole nitrogens is 1. The third-order valence-corrected chi connectivity index (χ3v) is 9.09. The van der Waals surface area contributed by atoms with Crippen LogP contribution in [0.4, 0.5) is 4.39 Å². The average Bonchev–Trinajstić information content (AvgIpc) is 3.27. The standard InChI is InChI=1S/C28H23Cl3FN3O4S/c1-16-24(28(37)35(2)15-17-11-12-18(29)13-22(17)31)34-25(26(16)40(38,39)19-7-4-3-5-8-19)27(36)33-14-20-21(30)9-6-10-23(20)32/h3-13,34H,14-15H2,1-2H3,(H,33,36). The van der Waals surface area contributed by atoms with Crippen molar-refractivity contribution in [3.63, 3.8) is 0 Å². The topological polar surface area (TPSA) is 99.3 Å². The van der Waals surface area contributed by atoms with Crippen LogP contribution in [0.25, 0.3) is 0 Å². The lowest BCUT2D eigenvalue weighted by atomic mass is 10.2. The van der Waals surface area contributed by atoms with E-state index in [2.05, 4.69) is 10.3 Å².